The van der Waals surface area contributed by atoms with Gasteiger partial charge in [-0.3, -0.25) is 23.9 Å². The van der Waals surface area contributed by atoms with Crippen LogP contribution >= 0.6 is 0 Å². The number of anilines is 1. The predicted molar refractivity (Wildman–Crippen MR) is 107 cm³/mol. The van der Waals surface area contributed by atoms with Gasteiger partial charge in [-0.05, 0) is 36.4 Å². The van der Waals surface area contributed by atoms with Gasteiger partial charge in [0, 0.05) is 38.3 Å². The average molecular weight is 380 g/mol. The van der Waals surface area contributed by atoms with E-state index < -0.39 is 11.2 Å². The monoisotopic (exact) mass is 380 g/mol. The number of fused-ring (bicyclic) bond motifs is 1. The van der Waals surface area contributed by atoms with E-state index in [1.807, 2.05) is 0 Å². The molecule has 1 heterocycles. The smallest absolute Gasteiger partial charge is 0.328 e. The van der Waals surface area contributed by atoms with E-state index >= 15 is 0 Å². The fraction of sp³-hybridized carbons (Fsp3) is 0.200. The van der Waals surface area contributed by atoms with Crippen LogP contribution in [0.5, 0.6) is 0 Å². The van der Waals surface area contributed by atoms with Crippen molar-refractivity contribution in [3.8, 4) is 0 Å². The minimum Gasteiger partial charge on any atom is -0.345 e. The maximum Gasteiger partial charge on any atom is 0.328 e. The average Bonchev–Trinajstić information content (AvgIpc) is 2.67. The molecule has 8 nitrogen and oxygen atoms in total. The second kappa shape index (κ2) is 7.91. The molecule has 28 heavy (non-hydrogen) atoms. The Bertz CT molecular complexity index is 1140. The summed E-state index contributed by atoms with van der Waals surface area (Å²) >= 11 is 0. The number of nitrogens with zero attached hydrogens (tertiary/aromatic N) is 2. The highest BCUT2D eigenvalue weighted by atomic mass is 16.2. The molecule has 0 unspecified atom stereocenters. The number of rotatable bonds is 5. The van der Waals surface area contributed by atoms with Crippen molar-refractivity contribution in [2.75, 3.05) is 19.4 Å². The van der Waals surface area contributed by atoms with E-state index in [2.05, 4.69) is 10.3 Å². The van der Waals surface area contributed by atoms with Gasteiger partial charge in [-0.1, -0.05) is 12.1 Å². The number of aromatic amines is 1. The largest absolute Gasteiger partial charge is 0.345 e. The SMILES string of the molecule is CN(C)C(=O)c1ccc(NC(=O)CCn2c(=O)[nH]c(=O)c3ccccc32)cc1. The Balaban J connectivity index is 1.70. The zero-order chi connectivity index (χ0) is 20.3. The van der Waals surface area contributed by atoms with Crippen LogP contribution in [0.15, 0.2) is 58.1 Å². The maximum absolute atomic E-state index is 12.3. The lowest BCUT2D eigenvalue weighted by Gasteiger charge is -2.11. The Morgan fingerprint density at radius 1 is 1.04 bits per heavy atom. The topological polar surface area (TPSA) is 104 Å². The van der Waals surface area contributed by atoms with Crippen molar-refractivity contribution in [1.82, 2.24) is 14.5 Å². The van der Waals surface area contributed by atoms with Crippen LogP contribution in [0.3, 0.4) is 0 Å². The molecule has 2 amide bonds. The number of hydrogen-bond acceptors (Lipinski definition) is 4. The fourth-order valence-electron chi connectivity index (χ4n) is 2.86. The summed E-state index contributed by atoms with van der Waals surface area (Å²) in [5.41, 5.74) is 0.556. The molecule has 2 N–H and O–H groups in total. The molecule has 0 aliphatic heterocycles. The van der Waals surface area contributed by atoms with Crippen LogP contribution in [0.1, 0.15) is 16.8 Å². The van der Waals surface area contributed by atoms with E-state index in [0.29, 0.717) is 22.2 Å². The van der Waals surface area contributed by atoms with Gasteiger partial charge in [0.2, 0.25) is 5.91 Å². The third-order valence-corrected chi connectivity index (χ3v) is 4.29. The Labute approximate surface area is 160 Å². The van der Waals surface area contributed by atoms with Crippen LogP contribution in [-0.4, -0.2) is 40.4 Å². The third-order valence-electron chi connectivity index (χ3n) is 4.29. The number of nitrogens with one attached hydrogen (secondary N) is 2. The zero-order valence-electron chi connectivity index (χ0n) is 15.6. The molecule has 8 heteroatoms. The number of carbonyl (C=O) groups excluding carboxylic acids is 2. The molecule has 0 aliphatic carbocycles. The van der Waals surface area contributed by atoms with Gasteiger partial charge in [-0.15, -0.1) is 0 Å². The lowest BCUT2D eigenvalue weighted by molar-refractivity contribution is -0.116. The van der Waals surface area contributed by atoms with Gasteiger partial charge in [-0.2, -0.15) is 0 Å². The lowest BCUT2D eigenvalue weighted by Crippen LogP contribution is -2.31. The molecule has 0 saturated heterocycles. The summed E-state index contributed by atoms with van der Waals surface area (Å²) in [5, 5.41) is 3.13. The van der Waals surface area contributed by atoms with Crippen molar-refractivity contribution in [1.29, 1.82) is 0 Å². The normalized spacial score (nSPS) is 10.6. The summed E-state index contributed by atoms with van der Waals surface area (Å²) in [4.78, 5) is 51.9. The summed E-state index contributed by atoms with van der Waals surface area (Å²) < 4.78 is 1.37. The van der Waals surface area contributed by atoms with E-state index in [1.165, 1.54) is 9.47 Å². The van der Waals surface area contributed by atoms with E-state index in [9.17, 15) is 19.2 Å². The molecule has 1 aromatic heterocycles. The first-order chi connectivity index (χ1) is 13.4. The highest BCUT2D eigenvalue weighted by Crippen LogP contribution is 2.12. The quantitative estimate of drug-likeness (QED) is 0.698. The zero-order valence-corrected chi connectivity index (χ0v) is 15.6. The van der Waals surface area contributed by atoms with Crippen LogP contribution in [0.25, 0.3) is 10.9 Å². The van der Waals surface area contributed by atoms with Crippen molar-refractivity contribution >= 4 is 28.4 Å². The molecule has 0 spiro atoms. The number of aryl methyl sites for hydroxylation is 1. The number of amides is 2. The van der Waals surface area contributed by atoms with Gasteiger partial charge < -0.3 is 10.2 Å². The number of hydrogen-bond donors (Lipinski definition) is 2. The Morgan fingerprint density at radius 2 is 1.71 bits per heavy atom. The second-order valence-corrected chi connectivity index (χ2v) is 6.50. The van der Waals surface area contributed by atoms with Crippen molar-refractivity contribution < 1.29 is 9.59 Å². The van der Waals surface area contributed by atoms with Gasteiger partial charge in [0.1, 0.15) is 0 Å². The summed E-state index contributed by atoms with van der Waals surface area (Å²) in [6, 6.07) is 13.3. The molecule has 0 saturated carbocycles. The van der Waals surface area contributed by atoms with Crippen molar-refractivity contribution in [3.63, 3.8) is 0 Å². The summed E-state index contributed by atoms with van der Waals surface area (Å²) in [6.45, 7) is 0.124. The van der Waals surface area contributed by atoms with Crippen LogP contribution in [0, 0.1) is 0 Å². The van der Waals surface area contributed by atoms with E-state index in [-0.39, 0.29) is 24.8 Å². The summed E-state index contributed by atoms with van der Waals surface area (Å²) in [7, 11) is 3.33. The first kappa shape index (κ1) is 19.1. The molecule has 3 aromatic rings. The third kappa shape index (κ3) is 4.01. The molecule has 0 fully saturated rings. The van der Waals surface area contributed by atoms with E-state index in [4.69, 9.17) is 0 Å². The molecular formula is C20H20N4O4. The fourth-order valence-corrected chi connectivity index (χ4v) is 2.86. The molecule has 0 bridgehead atoms. The van der Waals surface area contributed by atoms with E-state index in [0.717, 1.165) is 0 Å². The maximum atomic E-state index is 12.3. The molecule has 0 atom stereocenters. The predicted octanol–water partition coefficient (Wildman–Crippen LogP) is 1.42. The van der Waals surface area contributed by atoms with Crippen molar-refractivity contribution in [2.45, 2.75) is 13.0 Å². The first-order valence-corrected chi connectivity index (χ1v) is 8.70. The summed E-state index contributed by atoms with van der Waals surface area (Å²) in [6.07, 6.45) is 0.0499. The molecule has 3 rings (SSSR count). The molecule has 0 aliphatic rings. The number of H-pyrrole nitrogens is 1. The molecule has 144 valence electrons. The molecule has 2 aromatic carbocycles. The number of para-hydroxylation sites is 1. The van der Waals surface area contributed by atoms with Crippen LogP contribution in [0.2, 0.25) is 0 Å². The highest BCUT2D eigenvalue weighted by Gasteiger charge is 2.10. The number of benzene rings is 2. The number of aromatic nitrogens is 2. The van der Waals surface area contributed by atoms with Crippen molar-refractivity contribution in [3.05, 3.63) is 74.9 Å². The second-order valence-electron chi connectivity index (χ2n) is 6.50. The van der Waals surface area contributed by atoms with Gasteiger partial charge in [0.15, 0.2) is 0 Å². The van der Waals surface area contributed by atoms with Crippen LogP contribution < -0.4 is 16.6 Å². The van der Waals surface area contributed by atoms with Gasteiger partial charge in [-0.25, -0.2) is 4.79 Å². The lowest BCUT2D eigenvalue weighted by atomic mass is 10.2. The minimum absolute atomic E-state index is 0.0499. The Kier molecular flexibility index (Phi) is 5.39. The number of carbonyl (C=O) groups is 2. The minimum atomic E-state index is -0.553. The molecule has 0 radical (unpaired) electrons. The van der Waals surface area contributed by atoms with Crippen LogP contribution in [-0.2, 0) is 11.3 Å². The van der Waals surface area contributed by atoms with E-state index in [1.54, 1.807) is 62.6 Å². The first-order valence-electron chi connectivity index (χ1n) is 8.70. The Morgan fingerprint density at radius 3 is 2.39 bits per heavy atom. The van der Waals surface area contributed by atoms with Crippen LogP contribution in [0.4, 0.5) is 5.69 Å². The van der Waals surface area contributed by atoms with Gasteiger partial charge >= 0.3 is 5.69 Å². The van der Waals surface area contributed by atoms with Gasteiger partial charge in [0.05, 0.1) is 10.9 Å². The van der Waals surface area contributed by atoms with Gasteiger partial charge in [0.25, 0.3) is 11.5 Å². The summed E-state index contributed by atoms with van der Waals surface area (Å²) in [5.74, 6) is -0.406. The molecular weight excluding hydrogens is 360 g/mol. The highest BCUT2D eigenvalue weighted by molar-refractivity contribution is 5.95. The Hall–Kier alpha value is -3.68. The standard InChI is InChI=1S/C20H20N4O4/c1-23(2)19(27)13-7-9-14(10-8-13)21-17(25)11-12-24-16-6-4-3-5-15(16)18(26)22-20(24)28/h3-10H,11-12H2,1-2H3,(H,21,25)(H,22,26,28). The van der Waals surface area contributed by atoms with Crippen molar-refractivity contribution in [2.24, 2.45) is 0 Å².